The van der Waals surface area contributed by atoms with E-state index in [0.29, 0.717) is 11.3 Å². The van der Waals surface area contributed by atoms with Crippen LogP contribution in [0.1, 0.15) is 48.0 Å². The lowest BCUT2D eigenvalue weighted by molar-refractivity contribution is 0.349. The third-order valence-electron chi connectivity index (χ3n) is 3.31. The van der Waals surface area contributed by atoms with Gasteiger partial charge in [-0.2, -0.15) is 0 Å². The summed E-state index contributed by atoms with van der Waals surface area (Å²) in [6.07, 6.45) is 5.94. The number of allylic oxidation sites excluding steroid dienone is 4. The van der Waals surface area contributed by atoms with Crippen molar-refractivity contribution in [3.63, 3.8) is 0 Å². The Balaban J connectivity index is 2.88. The van der Waals surface area contributed by atoms with E-state index in [1.807, 2.05) is 0 Å². The van der Waals surface area contributed by atoms with Crippen molar-refractivity contribution in [2.45, 2.75) is 48.0 Å². The van der Waals surface area contributed by atoms with Crippen LogP contribution < -0.4 is 0 Å². The van der Waals surface area contributed by atoms with Crippen LogP contribution in [0.15, 0.2) is 23.3 Å². The van der Waals surface area contributed by atoms with E-state index in [1.165, 1.54) is 6.42 Å². The van der Waals surface area contributed by atoms with E-state index in [-0.39, 0.29) is 0 Å². The second kappa shape index (κ2) is 3.92. The van der Waals surface area contributed by atoms with Crippen molar-refractivity contribution >= 4 is 0 Å². The van der Waals surface area contributed by atoms with Crippen molar-refractivity contribution in [1.29, 1.82) is 0 Å². The highest BCUT2D eigenvalue weighted by atomic mass is 14.3. The van der Waals surface area contributed by atoms with Crippen LogP contribution in [-0.4, -0.2) is 0 Å². The summed E-state index contributed by atoms with van der Waals surface area (Å²) in [5.74, 6) is 1.42. The highest BCUT2D eigenvalue weighted by Gasteiger charge is 2.27. The van der Waals surface area contributed by atoms with E-state index in [0.717, 1.165) is 5.92 Å². The van der Waals surface area contributed by atoms with Gasteiger partial charge in [-0.1, -0.05) is 52.3 Å². The Hall–Kier alpha value is -0.520. The number of rotatable bonds is 3. The van der Waals surface area contributed by atoms with Crippen molar-refractivity contribution in [2.24, 2.45) is 17.3 Å². The molecule has 1 unspecified atom stereocenters. The first-order valence-electron chi connectivity index (χ1n) is 5.74. The van der Waals surface area contributed by atoms with Gasteiger partial charge < -0.3 is 0 Å². The van der Waals surface area contributed by atoms with Crippen LogP contribution in [0.5, 0.6) is 0 Å². The van der Waals surface area contributed by atoms with Gasteiger partial charge in [0.15, 0.2) is 0 Å². The van der Waals surface area contributed by atoms with E-state index >= 15 is 0 Å². The molecule has 1 atom stereocenters. The van der Waals surface area contributed by atoms with Gasteiger partial charge in [0.1, 0.15) is 0 Å². The fourth-order valence-corrected chi connectivity index (χ4v) is 2.65. The largest absolute Gasteiger partial charge is 0.0773 e. The highest BCUT2D eigenvalue weighted by Crippen LogP contribution is 2.41. The molecular formula is C14H24. The van der Waals surface area contributed by atoms with Gasteiger partial charge in [-0.3, -0.25) is 0 Å². The van der Waals surface area contributed by atoms with Gasteiger partial charge in [0.25, 0.3) is 0 Å². The first-order valence-corrected chi connectivity index (χ1v) is 5.74. The molecule has 1 aliphatic rings. The summed E-state index contributed by atoms with van der Waals surface area (Å²) < 4.78 is 0. The highest BCUT2D eigenvalue weighted by molar-refractivity contribution is 5.39. The molecular weight excluding hydrogens is 168 g/mol. The lowest BCUT2D eigenvalue weighted by atomic mass is 9.76. The normalized spacial score (nSPS) is 22.6. The van der Waals surface area contributed by atoms with Crippen molar-refractivity contribution in [2.75, 3.05) is 0 Å². The third-order valence-corrected chi connectivity index (χ3v) is 3.31. The van der Waals surface area contributed by atoms with Gasteiger partial charge in [-0.15, -0.1) is 0 Å². The second-order valence-electron chi connectivity index (χ2n) is 5.73. The molecule has 0 saturated heterocycles. The zero-order valence-electron chi connectivity index (χ0n) is 10.5. The summed E-state index contributed by atoms with van der Waals surface area (Å²) in [5, 5.41) is 0. The van der Waals surface area contributed by atoms with Crippen LogP contribution in [0, 0.1) is 17.3 Å². The molecule has 0 amide bonds. The number of hydrogen-bond donors (Lipinski definition) is 0. The molecule has 0 aromatic rings. The molecule has 0 bridgehead atoms. The van der Waals surface area contributed by atoms with Crippen LogP contribution in [0.25, 0.3) is 0 Å². The van der Waals surface area contributed by atoms with Gasteiger partial charge in [-0.05, 0) is 36.2 Å². The zero-order valence-corrected chi connectivity index (χ0v) is 10.5. The molecule has 0 radical (unpaired) electrons. The average Bonchev–Trinajstić information content (AvgIpc) is 2.30. The third kappa shape index (κ3) is 2.29. The predicted octanol–water partition coefficient (Wildman–Crippen LogP) is 4.58. The van der Waals surface area contributed by atoms with Crippen molar-refractivity contribution in [1.82, 2.24) is 0 Å². The molecule has 0 aromatic heterocycles. The molecule has 0 aromatic carbocycles. The molecule has 1 rings (SSSR count). The van der Waals surface area contributed by atoms with E-state index in [4.69, 9.17) is 0 Å². The summed E-state index contributed by atoms with van der Waals surface area (Å²) in [7, 11) is 0. The monoisotopic (exact) mass is 192 g/mol. The van der Waals surface area contributed by atoms with Gasteiger partial charge in [0, 0.05) is 0 Å². The molecule has 0 fully saturated rings. The molecule has 0 heteroatoms. The summed E-state index contributed by atoms with van der Waals surface area (Å²) in [6, 6.07) is 0. The van der Waals surface area contributed by atoms with Crippen LogP contribution in [0.2, 0.25) is 0 Å². The lowest BCUT2D eigenvalue weighted by Crippen LogP contribution is -2.17. The Labute approximate surface area is 89.1 Å². The first-order chi connectivity index (χ1) is 6.34. The van der Waals surface area contributed by atoms with Gasteiger partial charge in [-0.25, -0.2) is 0 Å². The Morgan fingerprint density at radius 2 is 1.93 bits per heavy atom. The van der Waals surface area contributed by atoms with Crippen molar-refractivity contribution < 1.29 is 0 Å². The molecule has 0 heterocycles. The lowest BCUT2D eigenvalue weighted by Gasteiger charge is -2.29. The fraction of sp³-hybridized carbons (Fsp3) is 0.714. The van der Waals surface area contributed by atoms with Gasteiger partial charge in [0.05, 0.1) is 0 Å². The van der Waals surface area contributed by atoms with Crippen molar-refractivity contribution in [3.8, 4) is 0 Å². The molecule has 80 valence electrons. The summed E-state index contributed by atoms with van der Waals surface area (Å²) in [6.45, 7) is 13.9. The average molecular weight is 192 g/mol. The second-order valence-corrected chi connectivity index (χ2v) is 5.73. The fourth-order valence-electron chi connectivity index (χ4n) is 2.65. The van der Waals surface area contributed by atoms with Gasteiger partial charge in [0.2, 0.25) is 0 Å². The van der Waals surface area contributed by atoms with Crippen LogP contribution in [0.3, 0.4) is 0 Å². The van der Waals surface area contributed by atoms with Gasteiger partial charge >= 0.3 is 0 Å². The van der Waals surface area contributed by atoms with E-state index in [9.17, 15) is 0 Å². The minimum atomic E-state index is 0.347. The molecule has 0 N–H and O–H groups in total. The van der Waals surface area contributed by atoms with Crippen LogP contribution in [0.4, 0.5) is 0 Å². The maximum atomic E-state index is 2.37. The Kier molecular flexibility index (Phi) is 3.24. The summed E-state index contributed by atoms with van der Waals surface area (Å²) in [4.78, 5) is 0. The minimum Gasteiger partial charge on any atom is -0.0773 e. The van der Waals surface area contributed by atoms with Crippen LogP contribution in [-0.2, 0) is 0 Å². The van der Waals surface area contributed by atoms with E-state index in [1.54, 1.807) is 11.1 Å². The quantitative estimate of drug-likeness (QED) is 0.614. The Morgan fingerprint density at radius 3 is 2.29 bits per heavy atom. The SMILES string of the molecule is CC1=C(C(C)(C)CC(C)C)C=CC1C. The molecule has 1 aliphatic carbocycles. The zero-order chi connectivity index (χ0) is 10.9. The summed E-state index contributed by atoms with van der Waals surface area (Å²) in [5.41, 5.74) is 3.48. The van der Waals surface area contributed by atoms with Crippen molar-refractivity contribution in [3.05, 3.63) is 23.3 Å². The smallest absolute Gasteiger partial charge is 0.00452 e. The summed E-state index contributed by atoms with van der Waals surface area (Å²) >= 11 is 0. The van der Waals surface area contributed by atoms with Crippen LogP contribution >= 0.6 is 0 Å². The number of hydrogen-bond acceptors (Lipinski definition) is 0. The van der Waals surface area contributed by atoms with E-state index < -0.39 is 0 Å². The minimum absolute atomic E-state index is 0.347. The Morgan fingerprint density at radius 1 is 1.36 bits per heavy atom. The topological polar surface area (TPSA) is 0 Å². The van der Waals surface area contributed by atoms with E-state index in [2.05, 4.69) is 53.7 Å². The first kappa shape index (κ1) is 11.6. The molecule has 0 aliphatic heterocycles. The maximum absolute atomic E-state index is 2.37. The molecule has 0 spiro atoms. The molecule has 14 heavy (non-hydrogen) atoms. The predicted molar refractivity (Wildman–Crippen MR) is 64.2 cm³/mol. The maximum Gasteiger partial charge on any atom is -0.00452 e. The Bertz CT molecular complexity index is 264. The molecule has 0 saturated carbocycles. The molecule has 0 nitrogen and oxygen atoms in total. The standard InChI is InChI=1S/C14H24/c1-10(2)9-14(5,6)13-8-7-11(3)12(13)4/h7-8,10-11H,9H2,1-6H3.